The van der Waals surface area contributed by atoms with Gasteiger partial charge in [0.15, 0.2) is 0 Å². The summed E-state index contributed by atoms with van der Waals surface area (Å²) in [5.74, 6) is 0.635. The summed E-state index contributed by atoms with van der Waals surface area (Å²) in [4.78, 5) is 0. The van der Waals surface area contributed by atoms with Gasteiger partial charge in [-0.1, -0.05) is 48.0 Å². The molecule has 1 unspecified atom stereocenters. The lowest BCUT2D eigenvalue weighted by Crippen LogP contribution is -2.11. The smallest absolute Gasteiger partial charge is 0.138 e. The van der Waals surface area contributed by atoms with Gasteiger partial charge in [0.2, 0.25) is 0 Å². The SMILES string of the molecule is Cl.NC(CCO)c1ccc(OCc2ccccc2)c(Cl)c1. The van der Waals surface area contributed by atoms with E-state index in [2.05, 4.69) is 0 Å². The number of nitrogens with two attached hydrogens (primary N) is 1. The second-order valence-electron chi connectivity index (χ2n) is 4.58. The van der Waals surface area contributed by atoms with E-state index in [4.69, 9.17) is 27.2 Å². The van der Waals surface area contributed by atoms with Crippen LogP contribution in [0.2, 0.25) is 5.02 Å². The van der Waals surface area contributed by atoms with Crippen LogP contribution in [0.5, 0.6) is 5.75 Å². The predicted octanol–water partition coefficient (Wildman–Crippen LogP) is 3.72. The molecule has 3 N–H and O–H groups in total. The number of aliphatic hydroxyl groups is 1. The van der Waals surface area contributed by atoms with Crippen LogP contribution in [0, 0.1) is 0 Å². The fraction of sp³-hybridized carbons (Fsp3) is 0.250. The highest BCUT2D eigenvalue weighted by Gasteiger charge is 2.09. The topological polar surface area (TPSA) is 55.5 Å². The predicted molar refractivity (Wildman–Crippen MR) is 88.1 cm³/mol. The normalized spacial score (nSPS) is 11.6. The molecule has 3 nitrogen and oxygen atoms in total. The van der Waals surface area contributed by atoms with Gasteiger partial charge in [-0.25, -0.2) is 0 Å². The summed E-state index contributed by atoms with van der Waals surface area (Å²) in [7, 11) is 0. The molecule has 0 amide bonds. The molecule has 0 radical (unpaired) electrons. The summed E-state index contributed by atoms with van der Waals surface area (Å²) in [6.45, 7) is 0.535. The molecule has 0 aromatic heterocycles. The van der Waals surface area contributed by atoms with E-state index in [0.29, 0.717) is 23.8 Å². The molecule has 2 aromatic rings. The van der Waals surface area contributed by atoms with Crippen molar-refractivity contribution in [2.24, 2.45) is 5.73 Å². The Balaban J connectivity index is 0.00000220. The van der Waals surface area contributed by atoms with E-state index in [1.54, 1.807) is 6.07 Å². The van der Waals surface area contributed by atoms with Crippen molar-refractivity contribution < 1.29 is 9.84 Å². The third kappa shape index (κ3) is 5.21. The van der Waals surface area contributed by atoms with Crippen molar-refractivity contribution in [2.45, 2.75) is 19.1 Å². The molecule has 5 heteroatoms. The Morgan fingerprint density at radius 2 is 1.86 bits per heavy atom. The summed E-state index contributed by atoms with van der Waals surface area (Å²) >= 11 is 6.20. The average molecular weight is 328 g/mol. The molecule has 1 atom stereocenters. The molecule has 0 saturated heterocycles. The van der Waals surface area contributed by atoms with Crippen molar-refractivity contribution in [2.75, 3.05) is 6.61 Å². The van der Waals surface area contributed by atoms with Crippen LogP contribution in [0.1, 0.15) is 23.6 Å². The van der Waals surface area contributed by atoms with Gasteiger partial charge < -0.3 is 15.6 Å². The zero-order valence-corrected chi connectivity index (χ0v) is 13.1. The standard InChI is InChI=1S/C16H18ClNO2.ClH/c17-14-10-13(15(18)8-9-19)6-7-16(14)20-11-12-4-2-1-3-5-12;/h1-7,10,15,19H,8-9,11,18H2;1H. The number of hydrogen-bond donors (Lipinski definition) is 2. The van der Waals surface area contributed by atoms with Crippen LogP contribution in [-0.2, 0) is 6.61 Å². The van der Waals surface area contributed by atoms with E-state index in [-0.39, 0.29) is 25.1 Å². The lowest BCUT2D eigenvalue weighted by Gasteiger charge is -2.13. The molecular formula is C16H19Cl2NO2. The van der Waals surface area contributed by atoms with Crippen LogP contribution in [0.3, 0.4) is 0 Å². The van der Waals surface area contributed by atoms with E-state index in [1.807, 2.05) is 42.5 Å². The Labute approximate surface area is 136 Å². The van der Waals surface area contributed by atoms with Crippen LogP contribution < -0.4 is 10.5 Å². The maximum Gasteiger partial charge on any atom is 0.138 e. The minimum atomic E-state index is -0.208. The number of aliphatic hydroxyl groups excluding tert-OH is 1. The summed E-state index contributed by atoms with van der Waals surface area (Å²) < 4.78 is 5.70. The largest absolute Gasteiger partial charge is 0.487 e. The van der Waals surface area contributed by atoms with Gasteiger partial charge >= 0.3 is 0 Å². The van der Waals surface area contributed by atoms with Gasteiger partial charge in [0.05, 0.1) is 5.02 Å². The van der Waals surface area contributed by atoms with Crippen molar-refractivity contribution in [1.82, 2.24) is 0 Å². The molecule has 0 aliphatic rings. The second kappa shape index (κ2) is 8.90. The highest BCUT2D eigenvalue weighted by atomic mass is 35.5. The van der Waals surface area contributed by atoms with Gasteiger partial charge in [0.25, 0.3) is 0 Å². The molecule has 114 valence electrons. The maximum atomic E-state index is 8.89. The van der Waals surface area contributed by atoms with Crippen LogP contribution in [0.15, 0.2) is 48.5 Å². The number of rotatable bonds is 6. The lowest BCUT2D eigenvalue weighted by molar-refractivity contribution is 0.276. The summed E-state index contributed by atoms with van der Waals surface area (Å²) in [6.07, 6.45) is 0.514. The van der Waals surface area contributed by atoms with Crippen LogP contribution >= 0.6 is 24.0 Å². The maximum absolute atomic E-state index is 8.89. The van der Waals surface area contributed by atoms with Crippen molar-refractivity contribution in [3.8, 4) is 5.75 Å². The first kappa shape index (κ1) is 17.8. The van der Waals surface area contributed by atoms with Gasteiger partial charge in [0, 0.05) is 12.6 Å². The van der Waals surface area contributed by atoms with Gasteiger partial charge in [-0.15, -0.1) is 12.4 Å². The average Bonchev–Trinajstić information content (AvgIpc) is 2.47. The third-order valence-electron chi connectivity index (χ3n) is 3.06. The molecular weight excluding hydrogens is 309 g/mol. The third-order valence-corrected chi connectivity index (χ3v) is 3.36. The number of halogens is 2. The Kier molecular flexibility index (Phi) is 7.54. The van der Waals surface area contributed by atoms with E-state index in [1.165, 1.54) is 0 Å². The highest BCUT2D eigenvalue weighted by molar-refractivity contribution is 6.32. The van der Waals surface area contributed by atoms with Crippen molar-refractivity contribution in [3.05, 3.63) is 64.7 Å². The fourth-order valence-corrected chi connectivity index (χ4v) is 2.15. The molecule has 0 heterocycles. The summed E-state index contributed by atoms with van der Waals surface area (Å²) in [6, 6.07) is 15.2. The van der Waals surface area contributed by atoms with E-state index < -0.39 is 0 Å². The van der Waals surface area contributed by atoms with Gasteiger partial charge in [-0.2, -0.15) is 0 Å². The van der Waals surface area contributed by atoms with Crippen molar-refractivity contribution in [1.29, 1.82) is 0 Å². The highest BCUT2D eigenvalue weighted by Crippen LogP contribution is 2.28. The number of hydrogen-bond acceptors (Lipinski definition) is 3. The monoisotopic (exact) mass is 327 g/mol. The molecule has 0 saturated carbocycles. The lowest BCUT2D eigenvalue weighted by atomic mass is 10.1. The molecule has 21 heavy (non-hydrogen) atoms. The quantitative estimate of drug-likeness (QED) is 0.850. The van der Waals surface area contributed by atoms with Gasteiger partial charge in [0.1, 0.15) is 12.4 Å². The molecule has 2 rings (SSSR count). The second-order valence-corrected chi connectivity index (χ2v) is 4.99. The van der Waals surface area contributed by atoms with E-state index in [0.717, 1.165) is 11.1 Å². The minimum Gasteiger partial charge on any atom is -0.487 e. The molecule has 2 aromatic carbocycles. The zero-order valence-electron chi connectivity index (χ0n) is 11.5. The first-order valence-electron chi connectivity index (χ1n) is 6.53. The first-order chi connectivity index (χ1) is 9.70. The van der Waals surface area contributed by atoms with Crippen LogP contribution in [-0.4, -0.2) is 11.7 Å². The summed E-state index contributed by atoms with van der Waals surface area (Å²) in [5, 5.41) is 9.43. The molecule has 0 aliphatic heterocycles. The fourth-order valence-electron chi connectivity index (χ4n) is 1.91. The van der Waals surface area contributed by atoms with Gasteiger partial charge in [-0.05, 0) is 29.7 Å². The molecule has 0 aliphatic carbocycles. The summed E-state index contributed by atoms with van der Waals surface area (Å²) in [5.41, 5.74) is 7.92. The molecule has 0 spiro atoms. The van der Waals surface area contributed by atoms with Gasteiger partial charge in [-0.3, -0.25) is 0 Å². The van der Waals surface area contributed by atoms with Crippen LogP contribution in [0.25, 0.3) is 0 Å². The Hall–Kier alpha value is -1.26. The van der Waals surface area contributed by atoms with Crippen molar-refractivity contribution in [3.63, 3.8) is 0 Å². The Bertz CT molecular complexity index is 549. The Morgan fingerprint density at radius 1 is 1.14 bits per heavy atom. The number of benzene rings is 2. The zero-order chi connectivity index (χ0) is 14.4. The Morgan fingerprint density at radius 3 is 2.48 bits per heavy atom. The molecule has 0 bridgehead atoms. The van der Waals surface area contributed by atoms with E-state index >= 15 is 0 Å². The molecule has 0 fully saturated rings. The first-order valence-corrected chi connectivity index (χ1v) is 6.91. The number of ether oxygens (including phenoxy) is 1. The van der Waals surface area contributed by atoms with E-state index in [9.17, 15) is 0 Å². The van der Waals surface area contributed by atoms with Crippen molar-refractivity contribution >= 4 is 24.0 Å². The minimum absolute atomic E-state index is 0. The van der Waals surface area contributed by atoms with Crippen LogP contribution in [0.4, 0.5) is 0 Å².